The molecule has 76 valence electrons. The summed E-state index contributed by atoms with van der Waals surface area (Å²) in [6.07, 6.45) is 3.07. The van der Waals surface area contributed by atoms with Gasteiger partial charge in [0.2, 0.25) is 0 Å². The van der Waals surface area contributed by atoms with E-state index in [1.165, 1.54) is 12.0 Å². The van der Waals surface area contributed by atoms with E-state index in [0.717, 1.165) is 12.4 Å². The zero-order chi connectivity index (χ0) is 10.1. The summed E-state index contributed by atoms with van der Waals surface area (Å²) in [6.45, 7) is 0.798. The number of rotatable bonds is 3. The molecule has 1 aromatic rings. The van der Waals surface area contributed by atoms with E-state index >= 15 is 0 Å². The molecule has 0 bridgehead atoms. The lowest BCUT2D eigenvalue weighted by atomic mass is 10.1. The molecular weight excluding hydrogens is 174 g/mol. The fourth-order valence-electron chi connectivity index (χ4n) is 1.96. The van der Waals surface area contributed by atoms with Gasteiger partial charge in [0.05, 0.1) is 0 Å². The normalized spacial score (nSPS) is 24.8. The van der Waals surface area contributed by atoms with Crippen LogP contribution in [0.1, 0.15) is 17.9 Å². The van der Waals surface area contributed by atoms with Crippen molar-refractivity contribution in [2.24, 2.45) is 11.7 Å². The van der Waals surface area contributed by atoms with Crippen LogP contribution in [0.5, 0.6) is 0 Å². The monoisotopic (exact) mass is 191 g/mol. The minimum absolute atomic E-state index is 0.645. The zero-order valence-electron chi connectivity index (χ0n) is 8.77. The Morgan fingerprint density at radius 2 is 2.36 bits per heavy atom. The average molecular weight is 191 g/mol. The molecule has 1 aliphatic carbocycles. The van der Waals surface area contributed by atoms with Gasteiger partial charge in [-0.25, -0.2) is 4.98 Å². The number of nitrogens with zero attached hydrogens (tertiary/aromatic N) is 2. The largest absolute Gasteiger partial charge is 0.363 e. The molecule has 1 aromatic heterocycles. The van der Waals surface area contributed by atoms with E-state index in [1.807, 2.05) is 26.4 Å². The van der Waals surface area contributed by atoms with Crippen LogP contribution >= 0.6 is 0 Å². The van der Waals surface area contributed by atoms with Crippen molar-refractivity contribution in [3.05, 3.63) is 23.9 Å². The van der Waals surface area contributed by atoms with Gasteiger partial charge in [0, 0.05) is 20.3 Å². The quantitative estimate of drug-likeness (QED) is 0.781. The van der Waals surface area contributed by atoms with Crippen molar-refractivity contribution in [2.75, 3.05) is 25.5 Å². The number of anilines is 1. The Bertz CT molecular complexity index is 322. The first kappa shape index (κ1) is 9.46. The maximum atomic E-state index is 5.65. The van der Waals surface area contributed by atoms with Crippen molar-refractivity contribution < 1.29 is 0 Å². The van der Waals surface area contributed by atoms with Crippen LogP contribution in [0.3, 0.4) is 0 Å². The molecule has 0 radical (unpaired) electrons. The van der Waals surface area contributed by atoms with Gasteiger partial charge in [0.15, 0.2) is 0 Å². The molecule has 0 aromatic carbocycles. The molecule has 2 atom stereocenters. The first-order valence-electron chi connectivity index (χ1n) is 5.06. The second-order valence-electron chi connectivity index (χ2n) is 4.15. The number of hydrogen-bond acceptors (Lipinski definition) is 3. The molecule has 0 saturated heterocycles. The first-order chi connectivity index (χ1) is 6.74. The molecule has 0 aliphatic heterocycles. The maximum Gasteiger partial charge on any atom is 0.131 e. The predicted octanol–water partition coefficient (Wildman–Crippen LogP) is 1.21. The predicted molar refractivity (Wildman–Crippen MR) is 58.5 cm³/mol. The third kappa shape index (κ3) is 1.60. The van der Waals surface area contributed by atoms with Gasteiger partial charge in [0.25, 0.3) is 0 Å². The van der Waals surface area contributed by atoms with Crippen molar-refractivity contribution in [1.29, 1.82) is 0 Å². The lowest BCUT2D eigenvalue weighted by molar-refractivity contribution is 0.805. The van der Waals surface area contributed by atoms with Crippen molar-refractivity contribution >= 4 is 5.82 Å². The van der Waals surface area contributed by atoms with E-state index in [9.17, 15) is 0 Å². The highest BCUT2D eigenvalue weighted by molar-refractivity contribution is 5.49. The van der Waals surface area contributed by atoms with Crippen LogP contribution in [-0.4, -0.2) is 25.6 Å². The van der Waals surface area contributed by atoms with Gasteiger partial charge in [-0.15, -0.1) is 0 Å². The Morgan fingerprint density at radius 3 is 2.93 bits per heavy atom. The molecule has 1 heterocycles. The number of aromatic nitrogens is 1. The van der Waals surface area contributed by atoms with Gasteiger partial charge in [-0.1, -0.05) is 6.07 Å². The van der Waals surface area contributed by atoms with Crippen LogP contribution in [-0.2, 0) is 0 Å². The van der Waals surface area contributed by atoms with Crippen molar-refractivity contribution in [3.63, 3.8) is 0 Å². The molecule has 3 nitrogen and oxygen atoms in total. The Balaban J connectivity index is 2.25. The second kappa shape index (κ2) is 3.58. The molecule has 0 unspecified atom stereocenters. The van der Waals surface area contributed by atoms with E-state index in [4.69, 9.17) is 5.73 Å². The molecule has 0 spiro atoms. The second-order valence-corrected chi connectivity index (χ2v) is 4.15. The fraction of sp³-hybridized carbons (Fsp3) is 0.545. The van der Waals surface area contributed by atoms with E-state index in [2.05, 4.69) is 16.0 Å². The van der Waals surface area contributed by atoms with Gasteiger partial charge in [-0.05, 0) is 36.4 Å². The van der Waals surface area contributed by atoms with Gasteiger partial charge in [0.1, 0.15) is 5.82 Å². The summed E-state index contributed by atoms with van der Waals surface area (Å²) in [5.41, 5.74) is 7.01. The Labute approximate surface area is 84.9 Å². The molecule has 1 fully saturated rings. The van der Waals surface area contributed by atoms with Gasteiger partial charge < -0.3 is 10.6 Å². The summed E-state index contributed by atoms with van der Waals surface area (Å²) in [5.74, 6) is 2.41. The minimum atomic E-state index is 0.645. The summed E-state index contributed by atoms with van der Waals surface area (Å²) in [4.78, 5) is 6.46. The van der Waals surface area contributed by atoms with E-state index in [-0.39, 0.29) is 0 Å². The Kier molecular flexibility index (Phi) is 2.42. The summed E-state index contributed by atoms with van der Waals surface area (Å²) < 4.78 is 0. The molecular formula is C11H17N3. The third-order valence-corrected chi connectivity index (χ3v) is 2.87. The van der Waals surface area contributed by atoms with Gasteiger partial charge in [-0.2, -0.15) is 0 Å². The lowest BCUT2D eigenvalue weighted by Crippen LogP contribution is -2.13. The number of nitrogens with two attached hydrogens (primary N) is 1. The van der Waals surface area contributed by atoms with Crippen LogP contribution in [0.2, 0.25) is 0 Å². The summed E-state index contributed by atoms with van der Waals surface area (Å²) in [5, 5.41) is 0. The van der Waals surface area contributed by atoms with Crippen LogP contribution < -0.4 is 10.6 Å². The van der Waals surface area contributed by atoms with Gasteiger partial charge in [-0.3, -0.25) is 0 Å². The van der Waals surface area contributed by atoms with Crippen molar-refractivity contribution in [1.82, 2.24) is 4.98 Å². The summed E-state index contributed by atoms with van der Waals surface area (Å²) >= 11 is 0. The van der Waals surface area contributed by atoms with Crippen LogP contribution in [0.15, 0.2) is 18.3 Å². The van der Waals surface area contributed by atoms with E-state index < -0.39 is 0 Å². The van der Waals surface area contributed by atoms with Crippen molar-refractivity contribution in [3.8, 4) is 0 Å². The SMILES string of the molecule is CN(C)c1ncccc1[C@@H]1C[C@H]1CN. The highest BCUT2D eigenvalue weighted by atomic mass is 15.1. The minimum Gasteiger partial charge on any atom is -0.363 e. The topological polar surface area (TPSA) is 42.2 Å². The van der Waals surface area contributed by atoms with Crippen LogP contribution in [0, 0.1) is 5.92 Å². The lowest BCUT2D eigenvalue weighted by Gasteiger charge is -2.15. The fourth-order valence-corrected chi connectivity index (χ4v) is 1.96. The summed E-state index contributed by atoms with van der Waals surface area (Å²) in [7, 11) is 4.07. The smallest absolute Gasteiger partial charge is 0.131 e. The molecule has 1 aliphatic rings. The highest BCUT2D eigenvalue weighted by Crippen LogP contribution is 2.48. The first-order valence-corrected chi connectivity index (χ1v) is 5.06. The number of hydrogen-bond donors (Lipinski definition) is 1. The Morgan fingerprint density at radius 1 is 1.57 bits per heavy atom. The Hall–Kier alpha value is -1.09. The van der Waals surface area contributed by atoms with Gasteiger partial charge >= 0.3 is 0 Å². The highest BCUT2D eigenvalue weighted by Gasteiger charge is 2.38. The van der Waals surface area contributed by atoms with Crippen molar-refractivity contribution in [2.45, 2.75) is 12.3 Å². The van der Waals surface area contributed by atoms with Crippen LogP contribution in [0.4, 0.5) is 5.82 Å². The van der Waals surface area contributed by atoms with E-state index in [1.54, 1.807) is 0 Å². The average Bonchev–Trinajstić information content (AvgIpc) is 2.96. The molecule has 2 rings (SSSR count). The standard InChI is InChI=1S/C11H17N3/c1-14(2)11-9(4-3-5-13-11)10-6-8(10)7-12/h3-5,8,10H,6-7,12H2,1-2H3/t8-,10+/m0/s1. The molecule has 1 saturated carbocycles. The zero-order valence-corrected chi connectivity index (χ0v) is 8.77. The maximum absolute atomic E-state index is 5.65. The summed E-state index contributed by atoms with van der Waals surface area (Å²) in [6, 6.07) is 4.18. The van der Waals surface area contributed by atoms with E-state index in [0.29, 0.717) is 11.8 Å². The molecule has 2 N–H and O–H groups in total. The molecule has 14 heavy (non-hydrogen) atoms. The third-order valence-electron chi connectivity index (χ3n) is 2.87. The molecule has 0 amide bonds. The number of pyridine rings is 1. The van der Waals surface area contributed by atoms with Crippen LogP contribution in [0.25, 0.3) is 0 Å². The molecule has 3 heteroatoms.